The first-order valence-corrected chi connectivity index (χ1v) is 9.92. The highest BCUT2D eigenvalue weighted by molar-refractivity contribution is 5.94. The predicted molar refractivity (Wildman–Crippen MR) is 118 cm³/mol. The lowest BCUT2D eigenvalue weighted by molar-refractivity contribution is 0.0746. The average Bonchev–Trinajstić information content (AvgIpc) is 2.80. The molecule has 154 valence electrons. The van der Waals surface area contributed by atoms with E-state index in [-0.39, 0.29) is 5.91 Å². The number of aromatic nitrogens is 3. The van der Waals surface area contributed by atoms with E-state index in [9.17, 15) is 4.79 Å². The number of amides is 1. The molecule has 0 bridgehead atoms. The Labute approximate surface area is 176 Å². The van der Waals surface area contributed by atoms with Crippen molar-refractivity contribution in [1.82, 2.24) is 20.1 Å². The molecule has 1 N–H and O–H groups in total. The van der Waals surface area contributed by atoms with Gasteiger partial charge in [0.05, 0.1) is 0 Å². The van der Waals surface area contributed by atoms with Crippen LogP contribution in [0.25, 0.3) is 0 Å². The molecule has 30 heavy (non-hydrogen) atoms. The first kappa shape index (κ1) is 19.6. The van der Waals surface area contributed by atoms with Gasteiger partial charge in [0, 0.05) is 69.6 Å². The molecule has 1 aliphatic heterocycles. The molecule has 1 amide bonds. The van der Waals surface area contributed by atoms with E-state index in [1.807, 2.05) is 72.4 Å². The van der Waals surface area contributed by atoms with Gasteiger partial charge in [-0.1, -0.05) is 0 Å². The van der Waals surface area contributed by atoms with Crippen LogP contribution in [-0.4, -0.2) is 66.3 Å². The zero-order chi connectivity index (χ0) is 20.9. The number of hydrogen-bond acceptors (Lipinski definition) is 7. The van der Waals surface area contributed by atoms with Gasteiger partial charge in [-0.3, -0.25) is 9.78 Å². The largest absolute Gasteiger partial charge is 0.378 e. The molecule has 0 saturated carbocycles. The summed E-state index contributed by atoms with van der Waals surface area (Å²) in [6.45, 7) is 2.78. The van der Waals surface area contributed by atoms with Crippen molar-refractivity contribution in [3.05, 3.63) is 66.5 Å². The Morgan fingerprint density at radius 3 is 2.20 bits per heavy atom. The highest BCUT2D eigenvalue weighted by atomic mass is 16.2. The fraction of sp³-hybridized carbons (Fsp3) is 0.273. The van der Waals surface area contributed by atoms with Gasteiger partial charge in [-0.05, 0) is 48.5 Å². The number of nitrogens with zero attached hydrogens (tertiary/aromatic N) is 6. The Kier molecular flexibility index (Phi) is 5.74. The molecule has 4 rings (SSSR count). The number of hydrogen-bond donors (Lipinski definition) is 1. The van der Waals surface area contributed by atoms with Gasteiger partial charge in [0.15, 0.2) is 11.6 Å². The van der Waals surface area contributed by atoms with Crippen LogP contribution < -0.4 is 15.1 Å². The van der Waals surface area contributed by atoms with Gasteiger partial charge < -0.3 is 20.0 Å². The van der Waals surface area contributed by atoms with Crippen molar-refractivity contribution in [2.24, 2.45) is 0 Å². The summed E-state index contributed by atoms with van der Waals surface area (Å²) in [6, 6.07) is 15.3. The SMILES string of the molecule is CN(C)c1ccc(C(=O)N2CCN(c3ccc(Nc4ccncc4)nn3)CC2)cc1. The van der Waals surface area contributed by atoms with Crippen molar-refractivity contribution in [2.45, 2.75) is 0 Å². The highest BCUT2D eigenvalue weighted by Crippen LogP contribution is 2.19. The number of piperazine rings is 1. The standard InChI is InChI=1S/C22H25N7O/c1-27(2)19-5-3-17(4-6-19)22(30)29-15-13-28(14-16-29)21-8-7-20(25-26-21)24-18-9-11-23-12-10-18/h3-12H,13-16H2,1-2H3,(H,23,24,25). The van der Waals surface area contributed by atoms with Crippen LogP contribution in [-0.2, 0) is 0 Å². The first-order valence-electron chi connectivity index (χ1n) is 9.92. The van der Waals surface area contributed by atoms with Gasteiger partial charge in [0.2, 0.25) is 0 Å². The van der Waals surface area contributed by atoms with E-state index in [2.05, 4.69) is 25.4 Å². The van der Waals surface area contributed by atoms with E-state index in [0.717, 1.165) is 35.8 Å². The van der Waals surface area contributed by atoms with Crippen molar-refractivity contribution >= 4 is 28.9 Å². The minimum atomic E-state index is 0.0722. The smallest absolute Gasteiger partial charge is 0.253 e. The van der Waals surface area contributed by atoms with E-state index in [1.54, 1.807) is 12.4 Å². The Hall–Kier alpha value is -3.68. The lowest BCUT2D eigenvalue weighted by Crippen LogP contribution is -2.49. The number of rotatable bonds is 5. The van der Waals surface area contributed by atoms with Gasteiger partial charge in [0.25, 0.3) is 5.91 Å². The minimum absolute atomic E-state index is 0.0722. The molecule has 3 heterocycles. The summed E-state index contributed by atoms with van der Waals surface area (Å²) in [4.78, 5) is 22.9. The molecule has 8 nitrogen and oxygen atoms in total. The van der Waals surface area contributed by atoms with Gasteiger partial charge in [-0.25, -0.2) is 0 Å². The summed E-state index contributed by atoms with van der Waals surface area (Å²) in [7, 11) is 3.97. The zero-order valence-corrected chi connectivity index (χ0v) is 17.2. The number of carbonyl (C=O) groups excluding carboxylic acids is 1. The summed E-state index contributed by atoms with van der Waals surface area (Å²) in [5, 5.41) is 11.8. The molecule has 1 fully saturated rings. The first-order chi connectivity index (χ1) is 14.6. The normalized spacial score (nSPS) is 13.8. The fourth-order valence-corrected chi connectivity index (χ4v) is 3.37. The maximum atomic E-state index is 12.8. The molecule has 0 unspecified atom stereocenters. The zero-order valence-electron chi connectivity index (χ0n) is 17.2. The molecule has 1 aliphatic rings. The number of benzene rings is 1. The van der Waals surface area contributed by atoms with Crippen LogP contribution in [0.2, 0.25) is 0 Å². The van der Waals surface area contributed by atoms with Crippen LogP contribution in [0.4, 0.5) is 23.0 Å². The van der Waals surface area contributed by atoms with Crippen LogP contribution in [0, 0.1) is 0 Å². The van der Waals surface area contributed by atoms with Crippen molar-refractivity contribution in [1.29, 1.82) is 0 Å². The van der Waals surface area contributed by atoms with E-state index in [0.29, 0.717) is 18.9 Å². The van der Waals surface area contributed by atoms with E-state index in [1.165, 1.54) is 0 Å². The number of carbonyl (C=O) groups is 1. The van der Waals surface area contributed by atoms with Crippen LogP contribution >= 0.6 is 0 Å². The Morgan fingerprint density at radius 2 is 1.60 bits per heavy atom. The van der Waals surface area contributed by atoms with Crippen molar-refractivity contribution < 1.29 is 4.79 Å². The Balaban J connectivity index is 1.33. The summed E-state index contributed by atoms with van der Waals surface area (Å²) in [6.07, 6.45) is 3.45. The maximum absolute atomic E-state index is 12.8. The molecule has 3 aromatic rings. The van der Waals surface area contributed by atoms with Gasteiger partial charge in [-0.2, -0.15) is 0 Å². The second-order valence-electron chi connectivity index (χ2n) is 7.36. The molecule has 0 aliphatic carbocycles. The molecular formula is C22H25N7O. The molecule has 0 atom stereocenters. The monoisotopic (exact) mass is 403 g/mol. The summed E-state index contributed by atoms with van der Waals surface area (Å²) < 4.78 is 0. The minimum Gasteiger partial charge on any atom is -0.378 e. The maximum Gasteiger partial charge on any atom is 0.253 e. The van der Waals surface area contributed by atoms with E-state index in [4.69, 9.17) is 0 Å². The molecule has 1 saturated heterocycles. The summed E-state index contributed by atoms with van der Waals surface area (Å²) in [5.74, 6) is 1.57. The molecule has 1 aromatic carbocycles. The van der Waals surface area contributed by atoms with Crippen molar-refractivity contribution in [2.75, 3.05) is 55.4 Å². The highest BCUT2D eigenvalue weighted by Gasteiger charge is 2.23. The third-order valence-electron chi connectivity index (χ3n) is 5.12. The molecule has 0 radical (unpaired) electrons. The molecule has 0 spiro atoms. The summed E-state index contributed by atoms with van der Waals surface area (Å²) >= 11 is 0. The lowest BCUT2D eigenvalue weighted by atomic mass is 10.1. The van der Waals surface area contributed by atoms with Crippen LogP contribution in [0.1, 0.15) is 10.4 Å². The number of anilines is 4. The predicted octanol–water partition coefficient (Wildman–Crippen LogP) is 2.64. The molecule has 8 heteroatoms. The van der Waals surface area contributed by atoms with Gasteiger partial charge >= 0.3 is 0 Å². The quantitative estimate of drug-likeness (QED) is 0.702. The lowest BCUT2D eigenvalue weighted by Gasteiger charge is -2.35. The topological polar surface area (TPSA) is 77.5 Å². The number of nitrogens with one attached hydrogen (secondary N) is 1. The summed E-state index contributed by atoms with van der Waals surface area (Å²) in [5.41, 5.74) is 2.72. The van der Waals surface area contributed by atoms with E-state index >= 15 is 0 Å². The van der Waals surface area contributed by atoms with Crippen LogP contribution in [0.15, 0.2) is 60.9 Å². The van der Waals surface area contributed by atoms with E-state index < -0.39 is 0 Å². The third-order valence-corrected chi connectivity index (χ3v) is 5.12. The van der Waals surface area contributed by atoms with Gasteiger partial charge in [0.1, 0.15) is 0 Å². The second kappa shape index (κ2) is 8.77. The second-order valence-corrected chi connectivity index (χ2v) is 7.36. The Morgan fingerprint density at radius 1 is 0.900 bits per heavy atom. The molecule has 2 aromatic heterocycles. The van der Waals surface area contributed by atoms with Crippen molar-refractivity contribution in [3.63, 3.8) is 0 Å². The third kappa shape index (κ3) is 4.48. The van der Waals surface area contributed by atoms with Gasteiger partial charge in [-0.15, -0.1) is 10.2 Å². The number of pyridine rings is 1. The average molecular weight is 403 g/mol. The molecular weight excluding hydrogens is 378 g/mol. The van der Waals surface area contributed by atoms with Crippen LogP contribution in [0.3, 0.4) is 0 Å². The van der Waals surface area contributed by atoms with Crippen LogP contribution in [0.5, 0.6) is 0 Å². The Bertz CT molecular complexity index is 967. The van der Waals surface area contributed by atoms with Crippen molar-refractivity contribution in [3.8, 4) is 0 Å². The fourth-order valence-electron chi connectivity index (χ4n) is 3.37.